The number of esters is 1. The smallest absolute Gasteiger partial charge is 0.331 e. The van der Waals surface area contributed by atoms with Gasteiger partial charge >= 0.3 is 5.97 Å². The van der Waals surface area contributed by atoms with Crippen LogP contribution in [0, 0.1) is 11.3 Å². The molecule has 1 aliphatic rings. The van der Waals surface area contributed by atoms with Crippen molar-refractivity contribution >= 4 is 12.0 Å². The summed E-state index contributed by atoms with van der Waals surface area (Å²) in [6.07, 6.45) is 12.8. The fraction of sp³-hybridized carbons (Fsp3) is 0.625. The molecule has 0 bridgehead atoms. The Hall–Kier alpha value is -1.77. The molecule has 0 amide bonds. The number of benzene rings is 1. The first-order valence-corrected chi connectivity index (χ1v) is 10.5. The summed E-state index contributed by atoms with van der Waals surface area (Å²) in [6, 6.07) is 7.63. The first-order chi connectivity index (χ1) is 12.9. The van der Waals surface area contributed by atoms with Crippen LogP contribution in [0.5, 0.6) is 5.75 Å². The zero-order chi connectivity index (χ0) is 19.7. The molecule has 0 spiro atoms. The second kappa shape index (κ2) is 10.5. The van der Waals surface area contributed by atoms with E-state index in [9.17, 15) is 4.79 Å². The van der Waals surface area contributed by atoms with Gasteiger partial charge in [-0.25, -0.2) is 4.79 Å². The van der Waals surface area contributed by atoms with Crippen LogP contribution in [0.3, 0.4) is 0 Å². The predicted molar refractivity (Wildman–Crippen MR) is 112 cm³/mol. The van der Waals surface area contributed by atoms with E-state index in [2.05, 4.69) is 20.8 Å². The van der Waals surface area contributed by atoms with Gasteiger partial charge in [0, 0.05) is 6.08 Å². The molecule has 1 aromatic rings. The summed E-state index contributed by atoms with van der Waals surface area (Å²) in [5.74, 6) is 1.31. The molecule has 2 unspecified atom stereocenters. The van der Waals surface area contributed by atoms with Crippen molar-refractivity contribution in [2.45, 2.75) is 78.2 Å². The molecular formula is C24H36O3. The Morgan fingerprint density at radius 3 is 2.59 bits per heavy atom. The molecule has 0 saturated heterocycles. The van der Waals surface area contributed by atoms with Crippen LogP contribution in [0.2, 0.25) is 0 Å². The maximum atomic E-state index is 12.3. The van der Waals surface area contributed by atoms with Crippen molar-refractivity contribution in [1.82, 2.24) is 0 Å². The second-order valence-corrected chi connectivity index (χ2v) is 8.46. The van der Waals surface area contributed by atoms with Crippen molar-refractivity contribution in [3.8, 4) is 5.75 Å². The number of hydrogen-bond acceptors (Lipinski definition) is 3. The van der Waals surface area contributed by atoms with Crippen molar-refractivity contribution in [3.05, 3.63) is 35.9 Å². The first kappa shape index (κ1) is 21.5. The molecule has 0 N–H and O–H groups in total. The molecule has 150 valence electrons. The van der Waals surface area contributed by atoms with Crippen LogP contribution in [0.25, 0.3) is 6.08 Å². The highest BCUT2D eigenvalue weighted by Gasteiger charge is 2.32. The molecule has 1 aromatic carbocycles. The molecule has 27 heavy (non-hydrogen) atoms. The minimum absolute atomic E-state index is 0.0285. The Labute approximate surface area is 165 Å². The average molecular weight is 373 g/mol. The van der Waals surface area contributed by atoms with Gasteiger partial charge in [0.1, 0.15) is 11.9 Å². The molecule has 1 aliphatic carbocycles. The lowest BCUT2D eigenvalue weighted by Gasteiger charge is -2.39. The normalized spacial score (nSPS) is 20.4. The van der Waals surface area contributed by atoms with Crippen LogP contribution in [-0.4, -0.2) is 19.2 Å². The lowest BCUT2D eigenvalue weighted by Crippen LogP contribution is -2.29. The molecule has 0 aliphatic heterocycles. The van der Waals surface area contributed by atoms with Crippen LogP contribution in [-0.2, 0) is 9.53 Å². The van der Waals surface area contributed by atoms with Gasteiger partial charge in [0.15, 0.2) is 0 Å². The van der Waals surface area contributed by atoms with Gasteiger partial charge in [0.05, 0.1) is 7.11 Å². The van der Waals surface area contributed by atoms with E-state index in [0.29, 0.717) is 5.41 Å². The first-order valence-electron chi connectivity index (χ1n) is 10.5. The third-order valence-electron chi connectivity index (χ3n) is 5.99. The van der Waals surface area contributed by atoms with Gasteiger partial charge in [-0.05, 0) is 67.2 Å². The van der Waals surface area contributed by atoms with Crippen molar-refractivity contribution in [3.63, 3.8) is 0 Å². The number of rotatable bonds is 9. The quantitative estimate of drug-likeness (QED) is 0.371. The zero-order valence-electron chi connectivity index (χ0n) is 17.5. The summed E-state index contributed by atoms with van der Waals surface area (Å²) < 4.78 is 10.9. The maximum Gasteiger partial charge on any atom is 0.331 e. The largest absolute Gasteiger partial charge is 0.497 e. The number of ether oxygens (including phenoxy) is 2. The minimum Gasteiger partial charge on any atom is -0.497 e. The third kappa shape index (κ3) is 7.04. The van der Waals surface area contributed by atoms with Crippen LogP contribution in [0.15, 0.2) is 30.3 Å². The van der Waals surface area contributed by atoms with E-state index in [1.165, 1.54) is 31.8 Å². The van der Waals surface area contributed by atoms with E-state index >= 15 is 0 Å². The molecule has 3 heteroatoms. The van der Waals surface area contributed by atoms with Gasteiger partial charge in [-0.2, -0.15) is 0 Å². The van der Waals surface area contributed by atoms with E-state index in [0.717, 1.165) is 42.9 Å². The molecular weight excluding hydrogens is 336 g/mol. The topological polar surface area (TPSA) is 35.5 Å². The van der Waals surface area contributed by atoms with E-state index in [1.807, 2.05) is 24.3 Å². The monoisotopic (exact) mass is 372 g/mol. The van der Waals surface area contributed by atoms with E-state index in [-0.39, 0.29) is 12.1 Å². The molecule has 0 radical (unpaired) electrons. The summed E-state index contributed by atoms with van der Waals surface area (Å²) in [7, 11) is 1.64. The van der Waals surface area contributed by atoms with Crippen LogP contribution in [0.4, 0.5) is 0 Å². The third-order valence-corrected chi connectivity index (χ3v) is 5.99. The molecule has 2 atom stereocenters. The van der Waals surface area contributed by atoms with Crippen molar-refractivity contribution in [2.24, 2.45) is 11.3 Å². The van der Waals surface area contributed by atoms with Gasteiger partial charge < -0.3 is 9.47 Å². The summed E-state index contributed by atoms with van der Waals surface area (Å²) >= 11 is 0. The van der Waals surface area contributed by atoms with Gasteiger partial charge in [-0.15, -0.1) is 0 Å². The predicted octanol–water partition coefficient (Wildman–Crippen LogP) is 6.42. The fourth-order valence-corrected chi connectivity index (χ4v) is 4.16. The number of methoxy groups -OCH3 is 1. The van der Waals surface area contributed by atoms with Crippen molar-refractivity contribution in [1.29, 1.82) is 0 Å². The molecule has 3 nitrogen and oxygen atoms in total. The highest BCUT2D eigenvalue weighted by molar-refractivity contribution is 5.87. The van der Waals surface area contributed by atoms with E-state index in [4.69, 9.17) is 9.47 Å². The van der Waals surface area contributed by atoms with Gasteiger partial charge in [-0.3, -0.25) is 0 Å². The molecule has 1 saturated carbocycles. The minimum atomic E-state index is -0.243. The van der Waals surface area contributed by atoms with E-state index in [1.54, 1.807) is 13.2 Å². The maximum absolute atomic E-state index is 12.3. The van der Waals surface area contributed by atoms with Crippen molar-refractivity contribution in [2.75, 3.05) is 7.11 Å². The standard InChI is InChI=1S/C24H36O3/c1-5-8-22(16-13-20-9-6-7-18-24(20,2)3)27-23(25)17-12-19-10-14-21(26-4)15-11-19/h10-12,14-15,17,20,22H,5-9,13,16,18H2,1-4H3/b17-12+. The average Bonchev–Trinajstić information content (AvgIpc) is 2.65. The molecule has 0 aromatic heterocycles. The highest BCUT2D eigenvalue weighted by atomic mass is 16.5. The van der Waals surface area contributed by atoms with Gasteiger partial charge in [0.2, 0.25) is 0 Å². The molecule has 0 heterocycles. The van der Waals surface area contributed by atoms with E-state index < -0.39 is 0 Å². The zero-order valence-corrected chi connectivity index (χ0v) is 17.5. The number of carbonyl (C=O) groups excluding carboxylic acids is 1. The summed E-state index contributed by atoms with van der Waals surface area (Å²) in [5.41, 5.74) is 1.39. The Morgan fingerprint density at radius 1 is 1.22 bits per heavy atom. The Morgan fingerprint density at radius 2 is 1.96 bits per heavy atom. The number of carbonyl (C=O) groups is 1. The summed E-state index contributed by atoms with van der Waals surface area (Å²) in [6.45, 7) is 6.95. The highest BCUT2D eigenvalue weighted by Crippen LogP contribution is 2.43. The van der Waals surface area contributed by atoms with Gasteiger partial charge in [-0.1, -0.05) is 52.2 Å². The second-order valence-electron chi connectivity index (χ2n) is 8.46. The molecule has 1 fully saturated rings. The summed E-state index contributed by atoms with van der Waals surface area (Å²) in [5, 5.41) is 0. The fourth-order valence-electron chi connectivity index (χ4n) is 4.16. The Balaban J connectivity index is 1.86. The van der Waals surface area contributed by atoms with Crippen LogP contribution in [0.1, 0.15) is 77.7 Å². The van der Waals surface area contributed by atoms with Crippen LogP contribution < -0.4 is 4.74 Å². The van der Waals surface area contributed by atoms with Crippen LogP contribution >= 0.6 is 0 Å². The lowest BCUT2D eigenvalue weighted by molar-refractivity contribution is -0.143. The molecule has 2 rings (SSSR count). The number of hydrogen-bond donors (Lipinski definition) is 0. The lowest BCUT2D eigenvalue weighted by atomic mass is 9.67. The summed E-state index contributed by atoms with van der Waals surface area (Å²) in [4.78, 5) is 12.3. The van der Waals surface area contributed by atoms with Gasteiger partial charge in [0.25, 0.3) is 0 Å². The van der Waals surface area contributed by atoms with Crippen molar-refractivity contribution < 1.29 is 14.3 Å². The SMILES string of the molecule is CCCC(CCC1CCCCC1(C)C)OC(=O)/C=C/c1ccc(OC)cc1. The Bertz CT molecular complexity index is 601. The Kier molecular flexibility index (Phi) is 8.40.